The molecule has 1 aromatic heterocycles. The Labute approximate surface area is 242 Å². The Morgan fingerprint density at radius 2 is 1.90 bits per heavy atom. The third-order valence-corrected chi connectivity index (χ3v) is 7.46. The number of hydrogen-bond donors (Lipinski definition) is 2. The second kappa shape index (κ2) is 14.5. The van der Waals surface area contributed by atoms with Gasteiger partial charge in [-0.15, -0.1) is 11.3 Å². The van der Waals surface area contributed by atoms with E-state index < -0.39 is 11.9 Å². The number of carboxylic acids is 1. The Hall–Kier alpha value is -2.91. The number of rotatable bonds is 13. The van der Waals surface area contributed by atoms with Gasteiger partial charge in [-0.2, -0.15) is 0 Å². The Bertz CT molecular complexity index is 1330. The number of nitrogens with one attached hydrogen (secondary N) is 1. The van der Waals surface area contributed by atoms with Crippen LogP contribution in [0.25, 0.3) is 17.3 Å². The Balaban J connectivity index is 1.82. The fraction of sp³-hybridized carbons (Fsp3) is 0.345. The molecule has 7 nitrogen and oxygen atoms in total. The third-order valence-electron chi connectivity index (χ3n) is 6.07. The molecule has 2 N–H and O–H groups in total. The number of hydrogen-bond acceptors (Lipinski definition) is 6. The lowest BCUT2D eigenvalue weighted by atomic mass is 10.0. The lowest BCUT2D eigenvalue weighted by molar-refractivity contribution is -0.132. The van der Waals surface area contributed by atoms with E-state index in [1.165, 1.54) is 36.5 Å². The van der Waals surface area contributed by atoms with E-state index in [1.54, 1.807) is 7.11 Å². The summed E-state index contributed by atoms with van der Waals surface area (Å²) in [6.45, 7) is 6.37. The summed E-state index contributed by atoms with van der Waals surface area (Å²) in [4.78, 5) is 28.7. The maximum Gasteiger partial charge on any atom is 0.331 e. The number of anilines is 1. The molecule has 1 amide bonds. The SMILES string of the molecule is CCCCCO[C@@H](CC)c1cccc(-c2csc(NC(=O)c3cc(Cl)c(/C=C(\C)C(=O)O)c(Cl)c3)n2)c1OC. The van der Waals surface area contributed by atoms with Gasteiger partial charge in [0, 0.05) is 39.8 Å². The summed E-state index contributed by atoms with van der Waals surface area (Å²) in [6, 6.07) is 8.77. The van der Waals surface area contributed by atoms with Crippen LogP contribution < -0.4 is 10.1 Å². The maximum atomic E-state index is 12.9. The van der Waals surface area contributed by atoms with Crippen molar-refractivity contribution >= 4 is 57.6 Å². The predicted molar refractivity (Wildman–Crippen MR) is 158 cm³/mol. The van der Waals surface area contributed by atoms with Gasteiger partial charge >= 0.3 is 5.97 Å². The highest BCUT2D eigenvalue weighted by Gasteiger charge is 2.21. The number of ether oxygens (including phenoxy) is 2. The monoisotopic (exact) mass is 590 g/mol. The Kier molecular flexibility index (Phi) is 11.4. The van der Waals surface area contributed by atoms with Crippen LogP contribution in [-0.2, 0) is 9.53 Å². The Morgan fingerprint density at radius 3 is 2.51 bits per heavy atom. The van der Waals surface area contributed by atoms with Crippen molar-refractivity contribution in [2.24, 2.45) is 0 Å². The molecule has 0 spiro atoms. The normalized spacial score (nSPS) is 12.3. The minimum Gasteiger partial charge on any atom is -0.496 e. The number of carbonyl (C=O) groups is 2. The molecule has 10 heteroatoms. The molecular formula is C29H32Cl2N2O5S. The summed E-state index contributed by atoms with van der Waals surface area (Å²) in [5.41, 5.74) is 3.05. The molecule has 0 unspecified atom stereocenters. The predicted octanol–water partition coefficient (Wildman–Crippen LogP) is 8.52. The zero-order valence-electron chi connectivity index (χ0n) is 22.3. The highest BCUT2D eigenvalue weighted by atomic mass is 35.5. The van der Waals surface area contributed by atoms with Crippen LogP contribution in [0.1, 0.15) is 74.0 Å². The zero-order chi connectivity index (χ0) is 28.5. The summed E-state index contributed by atoms with van der Waals surface area (Å²) in [7, 11) is 1.63. The molecule has 0 fully saturated rings. The molecule has 0 saturated carbocycles. The van der Waals surface area contributed by atoms with E-state index in [4.69, 9.17) is 37.8 Å². The molecule has 0 radical (unpaired) electrons. The zero-order valence-corrected chi connectivity index (χ0v) is 24.7. The number of benzene rings is 2. The van der Waals surface area contributed by atoms with Crippen LogP contribution in [0.15, 0.2) is 41.3 Å². The van der Waals surface area contributed by atoms with Crippen LogP contribution in [0, 0.1) is 0 Å². The fourth-order valence-corrected chi connectivity index (χ4v) is 5.30. The number of aliphatic carboxylic acids is 1. The topological polar surface area (TPSA) is 97.8 Å². The van der Waals surface area contributed by atoms with Gasteiger partial charge in [0.2, 0.25) is 0 Å². The average Bonchev–Trinajstić information content (AvgIpc) is 3.38. The van der Waals surface area contributed by atoms with Crippen LogP contribution in [-0.4, -0.2) is 35.7 Å². The number of nitrogens with zero attached hydrogens (tertiary/aromatic N) is 1. The van der Waals surface area contributed by atoms with Crippen molar-refractivity contribution in [3.63, 3.8) is 0 Å². The van der Waals surface area contributed by atoms with Crippen molar-refractivity contribution in [1.29, 1.82) is 0 Å². The molecule has 0 aliphatic rings. The highest BCUT2D eigenvalue weighted by molar-refractivity contribution is 7.14. The van der Waals surface area contributed by atoms with E-state index in [0.29, 0.717) is 28.7 Å². The molecule has 1 atom stereocenters. The van der Waals surface area contributed by atoms with E-state index in [2.05, 4.69) is 24.1 Å². The number of halogens is 2. The number of carboxylic acid groups (broad SMARTS) is 1. The van der Waals surface area contributed by atoms with Crippen molar-refractivity contribution in [1.82, 2.24) is 4.98 Å². The standard InChI is InChI=1S/C29H32Cl2N2O5S/c1-5-7-8-12-38-25(6-2)20-11-9-10-19(26(20)37-4)24-16-39-29(32-24)33-27(34)18-14-22(30)21(23(31)15-18)13-17(3)28(35)36/h9-11,13-16,25H,5-8,12H2,1-4H3,(H,35,36)(H,32,33,34)/b17-13+/t25-/m0/s1. The first kappa shape index (κ1) is 30.6. The third kappa shape index (κ3) is 7.82. The Morgan fingerprint density at radius 1 is 1.18 bits per heavy atom. The minimum absolute atomic E-state index is 0.0686. The summed E-state index contributed by atoms with van der Waals surface area (Å²) < 4.78 is 12.0. The summed E-state index contributed by atoms with van der Waals surface area (Å²) in [6.07, 6.45) is 5.35. The van der Waals surface area contributed by atoms with Crippen LogP contribution in [0.3, 0.4) is 0 Å². The van der Waals surface area contributed by atoms with Gasteiger partial charge in [0.1, 0.15) is 5.75 Å². The van der Waals surface area contributed by atoms with E-state index in [9.17, 15) is 9.59 Å². The first-order valence-electron chi connectivity index (χ1n) is 12.7. The fourth-order valence-electron chi connectivity index (χ4n) is 4.00. The van der Waals surface area contributed by atoms with Gasteiger partial charge in [-0.05, 0) is 44.0 Å². The quantitative estimate of drug-likeness (QED) is 0.153. The number of unbranched alkanes of at least 4 members (excludes halogenated alkanes) is 2. The first-order valence-corrected chi connectivity index (χ1v) is 14.3. The van der Waals surface area contributed by atoms with E-state index in [0.717, 1.165) is 36.8 Å². The second-order valence-corrected chi connectivity index (χ2v) is 10.6. The van der Waals surface area contributed by atoms with Crippen molar-refractivity contribution in [3.8, 4) is 17.0 Å². The molecule has 0 aliphatic heterocycles. The maximum absolute atomic E-state index is 12.9. The van der Waals surface area contributed by atoms with Crippen LogP contribution >= 0.6 is 34.5 Å². The lowest BCUT2D eigenvalue weighted by Crippen LogP contribution is -2.12. The number of methoxy groups -OCH3 is 1. The van der Waals surface area contributed by atoms with Crippen molar-refractivity contribution in [2.45, 2.75) is 52.6 Å². The van der Waals surface area contributed by atoms with Crippen LogP contribution in [0.5, 0.6) is 5.75 Å². The average molecular weight is 592 g/mol. The molecule has 3 aromatic rings. The minimum atomic E-state index is -1.09. The van der Waals surface area contributed by atoms with E-state index in [-0.39, 0.29) is 27.3 Å². The summed E-state index contributed by atoms with van der Waals surface area (Å²) in [5, 5.41) is 14.5. The van der Waals surface area contributed by atoms with Gasteiger partial charge in [-0.3, -0.25) is 10.1 Å². The molecule has 2 aromatic carbocycles. The molecule has 1 heterocycles. The van der Waals surface area contributed by atoms with Gasteiger partial charge in [-0.1, -0.05) is 62.0 Å². The number of thiazole rings is 1. The summed E-state index contributed by atoms with van der Waals surface area (Å²) in [5.74, 6) is -0.838. The molecule has 0 bridgehead atoms. The largest absolute Gasteiger partial charge is 0.496 e. The number of carbonyl (C=O) groups excluding carboxylic acids is 1. The molecule has 3 rings (SSSR count). The molecule has 0 aliphatic carbocycles. The van der Waals surface area contributed by atoms with E-state index >= 15 is 0 Å². The molecule has 39 heavy (non-hydrogen) atoms. The van der Waals surface area contributed by atoms with Crippen molar-refractivity contribution in [3.05, 3.63) is 68.0 Å². The lowest BCUT2D eigenvalue weighted by Gasteiger charge is -2.21. The molecule has 0 saturated heterocycles. The smallest absolute Gasteiger partial charge is 0.331 e. The van der Waals surface area contributed by atoms with Gasteiger partial charge in [-0.25, -0.2) is 9.78 Å². The van der Waals surface area contributed by atoms with Gasteiger partial charge in [0.15, 0.2) is 5.13 Å². The number of para-hydroxylation sites is 1. The van der Waals surface area contributed by atoms with Gasteiger partial charge in [0.25, 0.3) is 5.91 Å². The van der Waals surface area contributed by atoms with Crippen molar-refractivity contribution < 1.29 is 24.2 Å². The number of aromatic nitrogens is 1. The summed E-state index contributed by atoms with van der Waals surface area (Å²) >= 11 is 13.9. The first-order chi connectivity index (χ1) is 18.7. The number of amides is 1. The van der Waals surface area contributed by atoms with Crippen LogP contribution in [0.2, 0.25) is 10.0 Å². The van der Waals surface area contributed by atoms with Crippen LogP contribution in [0.4, 0.5) is 5.13 Å². The van der Waals surface area contributed by atoms with Crippen molar-refractivity contribution in [2.75, 3.05) is 19.0 Å². The molecule has 208 valence electrons. The molecular weight excluding hydrogens is 559 g/mol. The highest BCUT2D eigenvalue weighted by Crippen LogP contribution is 2.39. The van der Waals surface area contributed by atoms with Gasteiger partial charge in [0.05, 0.1) is 29.0 Å². The second-order valence-electron chi connectivity index (χ2n) is 8.88. The van der Waals surface area contributed by atoms with E-state index in [1.807, 2.05) is 23.6 Å². The van der Waals surface area contributed by atoms with Gasteiger partial charge < -0.3 is 14.6 Å².